The molecule has 0 unspecified atom stereocenters. The van der Waals surface area contributed by atoms with E-state index in [9.17, 15) is 9.59 Å². The summed E-state index contributed by atoms with van der Waals surface area (Å²) in [4.78, 5) is 24.2. The number of hydrogen-bond acceptors (Lipinski definition) is 5. The van der Waals surface area contributed by atoms with Gasteiger partial charge in [0, 0.05) is 11.6 Å². The number of carbonyl (C=O) groups is 2. The maximum Gasteiger partial charge on any atom is 0.318 e. The van der Waals surface area contributed by atoms with Gasteiger partial charge in [0.15, 0.2) is 5.72 Å². The van der Waals surface area contributed by atoms with Crippen LogP contribution < -0.4 is 20.1 Å². The first-order valence-electron chi connectivity index (χ1n) is 7.10. The SMILES string of the molecule is CCOC(=O)[C@@H]1[C@@H]2NC(=O)N[C@@]1(C)Oc1cc(OC)ccc12. The molecule has 22 heavy (non-hydrogen) atoms. The number of benzene rings is 1. The van der Waals surface area contributed by atoms with Crippen LogP contribution in [0.25, 0.3) is 0 Å². The topological polar surface area (TPSA) is 85.9 Å². The van der Waals surface area contributed by atoms with Crippen LogP contribution in [0.15, 0.2) is 18.2 Å². The second-order valence-electron chi connectivity index (χ2n) is 5.42. The molecule has 118 valence electrons. The highest BCUT2D eigenvalue weighted by molar-refractivity contribution is 5.84. The number of urea groups is 1. The van der Waals surface area contributed by atoms with E-state index in [4.69, 9.17) is 14.2 Å². The fraction of sp³-hybridized carbons (Fsp3) is 0.467. The fourth-order valence-corrected chi connectivity index (χ4v) is 3.04. The Morgan fingerprint density at radius 3 is 2.91 bits per heavy atom. The molecule has 0 radical (unpaired) electrons. The Balaban J connectivity index is 2.08. The van der Waals surface area contributed by atoms with E-state index in [0.717, 1.165) is 5.56 Å². The van der Waals surface area contributed by atoms with Crippen LogP contribution in [0.2, 0.25) is 0 Å². The van der Waals surface area contributed by atoms with Crippen molar-refractivity contribution < 1.29 is 23.8 Å². The molecular weight excluding hydrogens is 288 g/mol. The molecule has 1 aromatic rings. The second-order valence-corrected chi connectivity index (χ2v) is 5.42. The Kier molecular flexibility index (Phi) is 3.35. The number of carbonyl (C=O) groups excluding carboxylic acids is 2. The first kappa shape index (κ1) is 14.5. The first-order valence-corrected chi connectivity index (χ1v) is 7.10. The summed E-state index contributed by atoms with van der Waals surface area (Å²) in [5.74, 6) is 0.122. The number of methoxy groups -OCH3 is 1. The van der Waals surface area contributed by atoms with Crippen molar-refractivity contribution in [3.63, 3.8) is 0 Å². The van der Waals surface area contributed by atoms with Gasteiger partial charge in [-0.15, -0.1) is 0 Å². The van der Waals surface area contributed by atoms with Crippen molar-refractivity contribution in [1.82, 2.24) is 10.6 Å². The third-order valence-electron chi connectivity index (χ3n) is 3.99. The van der Waals surface area contributed by atoms with Crippen LogP contribution in [0.1, 0.15) is 25.5 Å². The summed E-state index contributed by atoms with van der Waals surface area (Å²) < 4.78 is 16.3. The summed E-state index contributed by atoms with van der Waals surface area (Å²) in [6.07, 6.45) is 0. The Labute approximate surface area is 127 Å². The van der Waals surface area contributed by atoms with Crippen molar-refractivity contribution in [1.29, 1.82) is 0 Å². The predicted octanol–water partition coefficient (Wildman–Crippen LogP) is 1.34. The molecule has 2 heterocycles. The Morgan fingerprint density at radius 1 is 1.45 bits per heavy atom. The number of esters is 1. The average molecular weight is 306 g/mol. The fourth-order valence-electron chi connectivity index (χ4n) is 3.04. The van der Waals surface area contributed by atoms with Crippen LogP contribution in [0.4, 0.5) is 4.79 Å². The van der Waals surface area contributed by atoms with Gasteiger partial charge in [0.1, 0.15) is 17.4 Å². The minimum absolute atomic E-state index is 0.265. The van der Waals surface area contributed by atoms with E-state index in [1.165, 1.54) is 0 Å². The Bertz CT molecular complexity index is 632. The van der Waals surface area contributed by atoms with E-state index >= 15 is 0 Å². The lowest BCUT2D eigenvalue weighted by atomic mass is 9.80. The van der Waals surface area contributed by atoms with E-state index in [1.54, 1.807) is 39.2 Å². The normalized spacial score (nSPS) is 28.6. The zero-order valence-electron chi connectivity index (χ0n) is 12.6. The molecule has 0 spiro atoms. The summed E-state index contributed by atoms with van der Waals surface area (Å²) in [6.45, 7) is 3.68. The van der Waals surface area contributed by atoms with Crippen molar-refractivity contribution in [2.24, 2.45) is 5.92 Å². The van der Waals surface area contributed by atoms with Crippen LogP contribution in [0.3, 0.4) is 0 Å². The lowest BCUT2D eigenvalue weighted by molar-refractivity contribution is -0.162. The predicted molar refractivity (Wildman–Crippen MR) is 76.6 cm³/mol. The molecule has 3 atom stereocenters. The van der Waals surface area contributed by atoms with E-state index in [1.807, 2.05) is 0 Å². The highest BCUT2D eigenvalue weighted by Crippen LogP contribution is 2.46. The van der Waals surface area contributed by atoms with Gasteiger partial charge in [-0.25, -0.2) is 4.79 Å². The Hall–Kier alpha value is -2.44. The summed E-state index contributed by atoms with van der Waals surface area (Å²) >= 11 is 0. The van der Waals surface area contributed by atoms with Crippen LogP contribution in [0.5, 0.6) is 11.5 Å². The molecule has 1 aromatic carbocycles. The second kappa shape index (κ2) is 5.08. The maximum atomic E-state index is 12.3. The van der Waals surface area contributed by atoms with E-state index in [-0.39, 0.29) is 12.6 Å². The van der Waals surface area contributed by atoms with E-state index in [2.05, 4.69) is 10.6 Å². The van der Waals surface area contributed by atoms with Gasteiger partial charge < -0.3 is 19.5 Å². The molecule has 2 aliphatic heterocycles. The van der Waals surface area contributed by atoms with E-state index < -0.39 is 23.7 Å². The van der Waals surface area contributed by atoms with Gasteiger partial charge in [-0.05, 0) is 26.0 Å². The maximum absolute atomic E-state index is 12.3. The van der Waals surface area contributed by atoms with Crippen molar-refractivity contribution in [2.75, 3.05) is 13.7 Å². The Morgan fingerprint density at radius 2 is 2.23 bits per heavy atom. The molecule has 7 heteroatoms. The monoisotopic (exact) mass is 306 g/mol. The standard InChI is InChI=1S/C15H18N2O5/c1-4-21-13(18)11-12-9-6-5-8(20-3)7-10(9)22-15(11,2)17-14(19)16-12/h5-7,11-12H,4H2,1-3H3,(H2,16,17,19)/t11-,12+,15-/m0/s1. The van der Waals surface area contributed by atoms with Crippen LogP contribution in [0, 0.1) is 5.92 Å². The number of fused-ring (bicyclic) bond motifs is 4. The lowest BCUT2D eigenvalue weighted by Gasteiger charge is -2.48. The zero-order valence-corrected chi connectivity index (χ0v) is 12.6. The number of ether oxygens (including phenoxy) is 3. The lowest BCUT2D eigenvalue weighted by Crippen LogP contribution is -2.70. The van der Waals surface area contributed by atoms with Crippen molar-refractivity contribution >= 4 is 12.0 Å². The molecule has 7 nitrogen and oxygen atoms in total. The van der Waals surface area contributed by atoms with Crippen LogP contribution in [-0.4, -0.2) is 31.4 Å². The number of hydrogen-bond donors (Lipinski definition) is 2. The number of nitrogens with one attached hydrogen (secondary N) is 2. The third-order valence-corrected chi connectivity index (χ3v) is 3.99. The minimum Gasteiger partial charge on any atom is -0.497 e. The van der Waals surface area contributed by atoms with Gasteiger partial charge in [0.25, 0.3) is 0 Å². The minimum atomic E-state index is -1.17. The largest absolute Gasteiger partial charge is 0.497 e. The highest BCUT2D eigenvalue weighted by Gasteiger charge is 2.56. The van der Waals surface area contributed by atoms with Crippen LogP contribution in [-0.2, 0) is 9.53 Å². The molecule has 1 fully saturated rings. The molecule has 2 amide bonds. The van der Waals surface area contributed by atoms with Gasteiger partial charge in [0.05, 0.1) is 19.8 Å². The molecule has 3 rings (SSSR count). The molecule has 0 saturated carbocycles. The molecule has 1 saturated heterocycles. The third kappa shape index (κ3) is 2.13. The molecule has 0 aromatic heterocycles. The molecule has 2 bridgehead atoms. The van der Waals surface area contributed by atoms with Crippen molar-refractivity contribution in [3.8, 4) is 11.5 Å². The summed E-state index contributed by atoms with van der Waals surface area (Å²) in [5, 5.41) is 5.46. The van der Waals surface area contributed by atoms with Crippen molar-refractivity contribution in [3.05, 3.63) is 23.8 Å². The molecule has 0 aliphatic carbocycles. The smallest absolute Gasteiger partial charge is 0.318 e. The van der Waals surface area contributed by atoms with Crippen LogP contribution >= 0.6 is 0 Å². The van der Waals surface area contributed by atoms with Gasteiger partial charge in [-0.2, -0.15) is 0 Å². The average Bonchev–Trinajstić information content (AvgIpc) is 2.45. The summed E-state index contributed by atoms with van der Waals surface area (Å²) in [7, 11) is 1.56. The molecule has 2 N–H and O–H groups in total. The van der Waals surface area contributed by atoms with Gasteiger partial charge in [-0.3, -0.25) is 10.1 Å². The zero-order chi connectivity index (χ0) is 15.9. The van der Waals surface area contributed by atoms with E-state index in [0.29, 0.717) is 11.5 Å². The quantitative estimate of drug-likeness (QED) is 0.823. The van der Waals surface area contributed by atoms with Gasteiger partial charge in [0.2, 0.25) is 0 Å². The van der Waals surface area contributed by atoms with Gasteiger partial charge >= 0.3 is 12.0 Å². The van der Waals surface area contributed by atoms with Crippen molar-refractivity contribution in [2.45, 2.75) is 25.6 Å². The summed E-state index contributed by atoms with van der Waals surface area (Å²) in [6, 6.07) is 4.40. The number of amides is 2. The first-order chi connectivity index (χ1) is 10.5. The molecule has 2 aliphatic rings. The van der Waals surface area contributed by atoms with Gasteiger partial charge in [-0.1, -0.05) is 0 Å². The summed E-state index contributed by atoms with van der Waals surface area (Å²) in [5.41, 5.74) is -0.440. The number of rotatable bonds is 3. The molecular formula is C15H18N2O5. The highest BCUT2D eigenvalue weighted by atomic mass is 16.5.